The number of alkyl halides is 3. The number of hydrogen-bond donors (Lipinski definition) is 0. The van der Waals surface area contributed by atoms with E-state index in [-0.39, 0.29) is 5.60 Å². The minimum absolute atomic E-state index is 0.0417. The van der Waals surface area contributed by atoms with Gasteiger partial charge in [-0.05, 0) is 20.8 Å². The van der Waals surface area contributed by atoms with E-state index in [1.54, 1.807) is 7.11 Å². The molecule has 0 aromatic carbocycles. The molecule has 4 heteroatoms. The Morgan fingerprint density at radius 1 is 0.938 bits per heavy atom. The topological polar surface area (TPSA) is 9.23 Å². The lowest BCUT2D eigenvalue weighted by Crippen LogP contribution is -2.15. The fourth-order valence-electron chi connectivity index (χ4n) is 0.500. The molecule has 0 bridgehead atoms. The molecule has 16 heavy (non-hydrogen) atoms. The van der Waals surface area contributed by atoms with Gasteiger partial charge in [0.05, 0.1) is 5.60 Å². The highest BCUT2D eigenvalue weighted by Gasteiger charge is 2.03. The minimum Gasteiger partial charge on any atom is -0.379 e. The third-order valence-corrected chi connectivity index (χ3v) is 1.57. The van der Waals surface area contributed by atoms with Gasteiger partial charge in [0.1, 0.15) is 0 Å². The first-order valence-electron chi connectivity index (χ1n) is 5.68. The van der Waals surface area contributed by atoms with Crippen LogP contribution in [0.15, 0.2) is 0 Å². The molecule has 1 nitrogen and oxygen atoms in total. The number of methoxy groups -OCH3 is 1. The highest BCUT2D eigenvalue weighted by atomic mass is 35.6. The molecular weight excluding hydrogens is 266 g/mol. The van der Waals surface area contributed by atoms with Gasteiger partial charge >= 0.3 is 0 Å². The highest BCUT2D eigenvalue weighted by Crippen LogP contribution is 2.03. The van der Waals surface area contributed by atoms with Crippen molar-refractivity contribution in [2.75, 3.05) is 7.11 Å². The lowest BCUT2D eigenvalue weighted by molar-refractivity contribution is 0.0397. The van der Waals surface area contributed by atoms with Crippen molar-refractivity contribution in [3.05, 3.63) is 0 Å². The van der Waals surface area contributed by atoms with Crippen molar-refractivity contribution < 1.29 is 4.74 Å². The molecule has 0 saturated carbocycles. The van der Waals surface area contributed by atoms with E-state index in [0.717, 1.165) is 0 Å². The Morgan fingerprint density at radius 3 is 1.19 bits per heavy atom. The standard InChI is InChI=1S/C6H14.C5H12O.CHCl3/c1-3-5-6-4-2;1-5(2,3)6-4;2-1(3)4/h3-6H2,1-2H3;1-4H3;1H. The lowest BCUT2D eigenvalue weighted by atomic mass is 10.2. The van der Waals surface area contributed by atoms with Gasteiger partial charge in [-0.3, -0.25) is 0 Å². The molecule has 0 fully saturated rings. The van der Waals surface area contributed by atoms with Crippen molar-refractivity contribution >= 4 is 34.8 Å². The van der Waals surface area contributed by atoms with Crippen LogP contribution in [0.4, 0.5) is 0 Å². The summed E-state index contributed by atoms with van der Waals surface area (Å²) in [5.74, 6) is 0. The third-order valence-electron chi connectivity index (χ3n) is 1.57. The Labute approximate surface area is 117 Å². The molecule has 0 spiro atoms. The number of rotatable bonds is 3. The Bertz CT molecular complexity index is 105. The summed E-state index contributed by atoms with van der Waals surface area (Å²) in [4.78, 5) is 0. The van der Waals surface area contributed by atoms with E-state index in [4.69, 9.17) is 39.5 Å². The van der Waals surface area contributed by atoms with Crippen LogP contribution in [-0.2, 0) is 4.74 Å². The van der Waals surface area contributed by atoms with Crippen LogP contribution in [0.3, 0.4) is 0 Å². The normalized spacial score (nSPS) is 10.1. The van der Waals surface area contributed by atoms with E-state index in [1.807, 2.05) is 20.8 Å². The smallest absolute Gasteiger partial charge is 0.180 e. The molecule has 0 atom stereocenters. The number of halogens is 3. The fraction of sp³-hybridized carbons (Fsp3) is 1.00. The third kappa shape index (κ3) is 60.8. The largest absolute Gasteiger partial charge is 0.379 e. The van der Waals surface area contributed by atoms with Crippen LogP contribution < -0.4 is 0 Å². The summed E-state index contributed by atoms with van der Waals surface area (Å²) >= 11 is 14.4. The molecule has 0 aliphatic carbocycles. The summed E-state index contributed by atoms with van der Waals surface area (Å²) in [6.45, 7) is 10.5. The van der Waals surface area contributed by atoms with Crippen LogP contribution >= 0.6 is 34.8 Å². The summed E-state index contributed by atoms with van der Waals surface area (Å²) in [6, 6.07) is 0. The highest BCUT2D eigenvalue weighted by molar-refractivity contribution is 6.63. The molecule has 102 valence electrons. The second-order valence-electron chi connectivity index (χ2n) is 4.27. The van der Waals surface area contributed by atoms with Gasteiger partial charge in [-0.15, -0.1) is 0 Å². The molecule has 0 heterocycles. The second kappa shape index (κ2) is 15.8. The zero-order valence-corrected chi connectivity index (χ0v) is 13.7. The average molecular weight is 294 g/mol. The van der Waals surface area contributed by atoms with Crippen LogP contribution in [0, 0.1) is 0 Å². The molecule has 0 rings (SSSR count). The molecule has 0 amide bonds. The zero-order valence-electron chi connectivity index (χ0n) is 11.4. The molecule has 0 unspecified atom stereocenters. The Hall–Kier alpha value is 0.830. The lowest BCUT2D eigenvalue weighted by Gasteiger charge is -2.14. The van der Waals surface area contributed by atoms with Gasteiger partial charge in [0.25, 0.3) is 0 Å². The molecule has 0 aliphatic heterocycles. The first-order chi connectivity index (χ1) is 7.21. The van der Waals surface area contributed by atoms with Gasteiger partial charge in [-0.25, -0.2) is 0 Å². The van der Waals surface area contributed by atoms with Crippen LogP contribution in [0.25, 0.3) is 0 Å². The van der Waals surface area contributed by atoms with Crippen LogP contribution in [-0.4, -0.2) is 17.0 Å². The van der Waals surface area contributed by atoms with Gasteiger partial charge < -0.3 is 4.74 Å². The van der Waals surface area contributed by atoms with E-state index in [2.05, 4.69) is 13.8 Å². The Balaban J connectivity index is -0.000000162. The number of ether oxygens (including phenoxy) is 1. The van der Waals surface area contributed by atoms with Gasteiger partial charge in [0.15, 0.2) is 4.30 Å². The second-order valence-corrected chi connectivity index (χ2v) is 6.25. The summed E-state index contributed by atoms with van der Waals surface area (Å²) in [5, 5.41) is 0. The van der Waals surface area contributed by atoms with Crippen molar-refractivity contribution in [1.82, 2.24) is 0 Å². The van der Waals surface area contributed by atoms with Crippen LogP contribution in [0.2, 0.25) is 0 Å². The van der Waals surface area contributed by atoms with E-state index in [1.165, 1.54) is 25.7 Å². The maximum Gasteiger partial charge on any atom is 0.180 e. The Morgan fingerprint density at radius 2 is 1.12 bits per heavy atom. The van der Waals surface area contributed by atoms with Crippen molar-refractivity contribution in [1.29, 1.82) is 0 Å². The minimum atomic E-state index is -0.750. The average Bonchev–Trinajstić information content (AvgIpc) is 2.14. The molecule has 0 radical (unpaired) electrons. The first-order valence-corrected chi connectivity index (χ1v) is 6.99. The zero-order chi connectivity index (χ0) is 13.6. The summed E-state index contributed by atoms with van der Waals surface area (Å²) < 4.78 is 4.19. The molecule has 0 aromatic rings. The van der Waals surface area contributed by atoms with Crippen molar-refractivity contribution in [2.24, 2.45) is 0 Å². The fourth-order valence-corrected chi connectivity index (χ4v) is 0.500. The SMILES string of the molecule is CCCCCC.COC(C)(C)C.ClC(Cl)Cl. The van der Waals surface area contributed by atoms with Crippen molar-refractivity contribution in [3.63, 3.8) is 0 Å². The van der Waals surface area contributed by atoms with Crippen LogP contribution in [0.5, 0.6) is 0 Å². The number of unbranched alkanes of at least 4 members (excludes halogenated alkanes) is 3. The monoisotopic (exact) mass is 292 g/mol. The van der Waals surface area contributed by atoms with Gasteiger partial charge in [-0.1, -0.05) is 74.3 Å². The maximum absolute atomic E-state index is 4.94. The predicted octanol–water partition coefficient (Wildman–Crippen LogP) is 6.00. The van der Waals surface area contributed by atoms with Crippen LogP contribution in [0.1, 0.15) is 60.3 Å². The van der Waals surface area contributed by atoms with E-state index in [0.29, 0.717) is 0 Å². The van der Waals surface area contributed by atoms with Crippen molar-refractivity contribution in [3.8, 4) is 0 Å². The van der Waals surface area contributed by atoms with Crippen molar-refractivity contribution in [2.45, 2.75) is 70.2 Å². The molecular formula is C12H27Cl3O. The van der Waals surface area contributed by atoms with Gasteiger partial charge in [0.2, 0.25) is 0 Å². The predicted molar refractivity (Wildman–Crippen MR) is 77.9 cm³/mol. The summed E-state index contributed by atoms with van der Waals surface area (Å²) in [6.07, 6.45) is 5.54. The maximum atomic E-state index is 4.94. The quantitative estimate of drug-likeness (QED) is 0.458. The summed E-state index contributed by atoms with van der Waals surface area (Å²) in [7, 11) is 1.71. The molecule has 0 saturated heterocycles. The Kier molecular flexibility index (Phi) is 21.8. The summed E-state index contributed by atoms with van der Waals surface area (Å²) in [5.41, 5.74) is 0.0417. The van der Waals surface area contributed by atoms with E-state index in [9.17, 15) is 0 Å². The van der Waals surface area contributed by atoms with Gasteiger partial charge in [-0.2, -0.15) is 0 Å². The molecule has 0 N–H and O–H groups in total. The van der Waals surface area contributed by atoms with E-state index < -0.39 is 4.30 Å². The molecule has 0 aromatic heterocycles. The first kappa shape index (κ1) is 22.0. The number of hydrogen-bond acceptors (Lipinski definition) is 1. The van der Waals surface area contributed by atoms with E-state index >= 15 is 0 Å². The molecule has 0 aliphatic rings. The van der Waals surface area contributed by atoms with Gasteiger partial charge in [0, 0.05) is 7.11 Å².